The summed E-state index contributed by atoms with van der Waals surface area (Å²) in [7, 11) is 0. The van der Waals surface area contributed by atoms with Crippen LogP contribution in [0, 0.1) is 17.8 Å². The Morgan fingerprint density at radius 3 is 2.52 bits per heavy atom. The van der Waals surface area contributed by atoms with E-state index in [2.05, 4.69) is 19.1 Å². The highest BCUT2D eigenvalue weighted by atomic mass is 16.3. The lowest BCUT2D eigenvalue weighted by Crippen LogP contribution is -2.14. The lowest BCUT2D eigenvalue weighted by molar-refractivity contribution is -0.122. The van der Waals surface area contributed by atoms with E-state index in [0.29, 0.717) is 24.5 Å². The number of rotatable bonds is 17. The van der Waals surface area contributed by atoms with E-state index in [1.807, 2.05) is 0 Å². The first-order chi connectivity index (χ1) is 14.0. The SMILES string of the molecule is CCCCCCC(CC=C[C@H]1CCC(=O)[C@@H]1CCCCCCC(=O)CO)C(C)=O. The Morgan fingerprint density at radius 1 is 1.10 bits per heavy atom. The van der Waals surface area contributed by atoms with Crippen LogP contribution in [0.15, 0.2) is 12.2 Å². The third-order valence-electron chi connectivity index (χ3n) is 6.34. The Morgan fingerprint density at radius 2 is 1.83 bits per heavy atom. The fraction of sp³-hybridized carbons (Fsp3) is 0.800. The van der Waals surface area contributed by atoms with Crippen molar-refractivity contribution >= 4 is 17.3 Å². The van der Waals surface area contributed by atoms with Crippen LogP contribution in [0.25, 0.3) is 0 Å². The third-order valence-corrected chi connectivity index (χ3v) is 6.34. The molecule has 0 saturated heterocycles. The van der Waals surface area contributed by atoms with Gasteiger partial charge in [0.1, 0.15) is 18.2 Å². The fourth-order valence-electron chi connectivity index (χ4n) is 4.38. The monoisotopic (exact) mass is 406 g/mol. The summed E-state index contributed by atoms with van der Waals surface area (Å²) in [5, 5.41) is 8.73. The highest BCUT2D eigenvalue weighted by Crippen LogP contribution is 2.34. The Kier molecular flexibility index (Phi) is 13.8. The van der Waals surface area contributed by atoms with E-state index in [1.165, 1.54) is 19.3 Å². The number of unbranched alkanes of at least 4 members (excludes halogenated alkanes) is 6. The van der Waals surface area contributed by atoms with Crippen molar-refractivity contribution in [2.75, 3.05) is 6.61 Å². The van der Waals surface area contributed by atoms with Crippen molar-refractivity contribution in [3.05, 3.63) is 12.2 Å². The number of Topliss-reactive ketones (excluding diaryl/α,β-unsaturated/α-hetero) is 3. The smallest absolute Gasteiger partial charge is 0.158 e. The van der Waals surface area contributed by atoms with Crippen LogP contribution in [0.5, 0.6) is 0 Å². The first-order valence-corrected chi connectivity index (χ1v) is 11.8. The van der Waals surface area contributed by atoms with E-state index < -0.39 is 0 Å². The summed E-state index contributed by atoms with van der Waals surface area (Å²) in [6.07, 6.45) is 17.8. The van der Waals surface area contributed by atoms with E-state index in [1.54, 1.807) is 6.92 Å². The van der Waals surface area contributed by atoms with Crippen molar-refractivity contribution in [2.45, 2.75) is 104 Å². The molecule has 4 heteroatoms. The summed E-state index contributed by atoms with van der Waals surface area (Å²) in [4.78, 5) is 35.3. The molecule has 1 aliphatic rings. The summed E-state index contributed by atoms with van der Waals surface area (Å²) < 4.78 is 0. The molecule has 0 bridgehead atoms. The maximum atomic E-state index is 12.3. The molecular weight excluding hydrogens is 364 g/mol. The number of hydrogen-bond acceptors (Lipinski definition) is 4. The van der Waals surface area contributed by atoms with Gasteiger partial charge in [0.2, 0.25) is 0 Å². The zero-order valence-corrected chi connectivity index (χ0v) is 18.7. The molecule has 1 fully saturated rings. The second kappa shape index (κ2) is 15.5. The van der Waals surface area contributed by atoms with Crippen LogP contribution in [0.2, 0.25) is 0 Å². The van der Waals surface area contributed by atoms with Crippen LogP contribution in [0.4, 0.5) is 0 Å². The van der Waals surface area contributed by atoms with Gasteiger partial charge in [-0.3, -0.25) is 14.4 Å². The van der Waals surface area contributed by atoms with Gasteiger partial charge >= 0.3 is 0 Å². The summed E-state index contributed by atoms with van der Waals surface area (Å²) in [5.74, 6) is 1.16. The Hall–Kier alpha value is -1.29. The molecule has 0 amide bonds. The maximum absolute atomic E-state index is 12.3. The third kappa shape index (κ3) is 10.9. The average Bonchev–Trinajstić information content (AvgIpc) is 3.05. The van der Waals surface area contributed by atoms with Gasteiger partial charge in [-0.05, 0) is 44.9 Å². The van der Waals surface area contributed by atoms with Crippen LogP contribution in [-0.4, -0.2) is 29.1 Å². The molecule has 29 heavy (non-hydrogen) atoms. The van der Waals surface area contributed by atoms with Gasteiger partial charge in [-0.25, -0.2) is 0 Å². The molecule has 4 nitrogen and oxygen atoms in total. The van der Waals surface area contributed by atoms with Gasteiger partial charge in [0.25, 0.3) is 0 Å². The normalized spacial score (nSPS) is 20.4. The Labute approximate surface area is 177 Å². The zero-order valence-electron chi connectivity index (χ0n) is 18.7. The molecule has 0 aliphatic heterocycles. The minimum absolute atomic E-state index is 0.0876. The number of allylic oxidation sites excluding steroid dienone is 2. The van der Waals surface area contributed by atoms with Crippen LogP contribution in [-0.2, 0) is 14.4 Å². The second-order valence-corrected chi connectivity index (χ2v) is 8.75. The van der Waals surface area contributed by atoms with E-state index in [4.69, 9.17) is 5.11 Å². The number of ketones is 3. The molecule has 3 atom stereocenters. The van der Waals surface area contributed by atoms with Gasteiger partial charge in [-0.1, -0.05) is 64.0 Å². The minimum Gasteiger partial charge on any atom is -0.389 e. The largest absolute Gasteiger partial charge is 0.389 e. The molecular formula is C25H42O4. The van der Waals surface area contributed by atoms with Gasteiger partial charge in [-0.2, -0.15) is 0 Å². The zero-order chi connectivity index (χ0) is 21.5. The lowest BCUT2D eigenvalue weighted by atomic mass is 9.88. The minimum atomic E-state index is -0.353. The van der Waals surface area contributed by atoms with Crippen molar-refractivity contribution in [1.29, 1.82) is 0 Å². The number of carbonyl (C=O) groups is 3. The summed E-state index contributed by atoms with van der Waals surface area (Å²) in [6.45, 7) is 3.55. The number of hydrogen-bond donors (Lipinski definition) is 1. The molecule has 1 aliphatic carbocycles. The van der Waals surface area contributed by atoms with Crippen molar-refractivity contribution in [1.82, 2.24) is 0 Å². The molecule has 0 heterocycles. The molecule has 1 saturated carbocycles. The summed E-state index contributed by atoms with van der Waals surface area (Å²) in [5.41, 5.74) is 0. The Bertz CT molecular complexity index is 523. The van der Waals surface area contributed by atoms with E-state index in [-0.39, 0.29) is 30.0 Å². The van der Waals surface area contributed by atoms with Crippen LogP contribution >= 0.6 is 0 Å². The molecule has 0 spiro atoms. The van der Waals surface area contributed by atoms with Crippen molar-refractivity contribution in [3.63, 3.8) is 0 Å². The highest BCUT2D eigenvalue weighted by molar-refractivity contribution is 5.83. The fourth-order valence-corrected chi connectivity index (χ4v) is 4.38. The van der Waals surface area contributed by atoms with E-state index >= 15 is 0 Å². The number of aliphatic hydroxyl groups is 1. The molecule has 0 aromatic rings. The van der Waals surface area contributed by atoms with Crippen LogP contribution in [0.1, 0.15) is 104 Å². The maximum Gasteiger partial charge on any atom is 0.158 e. The van der Waals surface area contributed by atoms with Crippen molar-refractivity contribution in [3.8, 4) is 0 Å². The highest BCUT2D eigenvalue weighted by Gasteiger charge is 2.32. The van der Waals surface area contributed by atoms with Gasteiger partial charge in [0.05, 0.1) is 0 Å². The first-order valence-electron chi connectivity index (χ1n) is 11.8. The van der Waals surface area contributed by atoms with Gasteiger partial charge in [0.15, 0.2) is 5.78 Å². The lowest BCUT2D eigenvalue weighted by Gasteiger charge is -2.16. The molecule has 1 N–H and O–H groups in total. The van der Waals surface area contributed by atoms with Gasteiger partial charge in [0, 0.05) is 24.7 Å². The van der Waals surface area contributed by atoms with Gasteiger partial charge in [-0.15, -0.1) is 0 Å². The molecule has 0 aromatic carbocycles. The molecule has 0 radical (unpaired) electrons. The predicted octanol–water partition coefficient (Wildman–Crippen LogP) is 5.61. The number of aliphatic hydroxyl groups excluding tert-OH is 1. The molecule has 1 unspecified atom stereocenters. The van der Waals surface area contributed by atoms with Crippen LogP contribution < -0.4 is 0 Å². The van der Waals surface area contributed by atoms with E-state index in [0.717, 1.165) is 57.8 Å². The second-order valence-electron chi connectivity index (χ2n) is 8.75. The topological polar surface area (TPSA) is 71.4 Å². The number of carbonyl (C=O) groups excluding carboxylic acids is 3. The van der Waals surface area contributed by atoms with Gasteiger partial charge < -0.3 is 5.11 Å². The molecule has 1 rings (SSSR count). The first kappa shape index (κ1) is 25.7. The van der Waals surface area contributed by atoms with Crippen molar-refractivity contribution < 1.29 is 19.5 Å². The summed E-state index contributed by atoms with van der Waals surface area (Å²) in [6, 6.07) is 0. The quantitative estimate of drug-likeness (QED) is 0.252. The van der Waals surface area contributed by atoms with Crippen LogP contribution in [0.3, 0.4) is 0 Å². The Balaban J connectivity index is 2.35. The molecule has 166 valence electrons. The van der Waals surface area contributed by atoms with E-state index in [9.17, 15) is 14.4 Å². The summed E-state index contributed by atoms with van der Waals surface area (Å²) >= 11 is 0. The predicted molar refractivity (Wildman–Crippen MR) is 118 cm³/mol. The molecule has 0 aromatic heterocycles. The van der Waals surface area contributed by atoms with Crippen molar-refractivity contribution in [2.24, 2.45) is 17.8 Å². The average molecular weight is 407 g/mol. The standard InChI is InChI=1S/C25H42O4/c1-3-4-5-8-12-21(20(2)27)13-11-14-22-17-18-25(29)24(22)16-10-7-6-9-15-23(28)19-26/h11,14,21-22,24,26H,3-10,12-13,15-19H2,1-2H3/t21?,22-,24+/m0/s1.